The van der Waals surface area contributed by atoms with E-state index in [1.807, 2.05) is 30.3 Å². The van der Waals surface area contributed by atoms with Crippen LogP contribution in [0.4, 0.5) is 0 Å². The minimum absolute atomic E-state index is 0.540. The van der Waals surface area contributed by atoms with E-state index in [1.165, 1.54) is 5.46 Å². The van der Waals surface area contributed by atoms with Crippen molar-refractivity contribution in [3.63, 3.8) is 0 Å². The molecule has 0 radical (unpaired) electrons. The second kappa shape index (κ2) is 6.01. The van der Waals surface area contributed by atoms with E-state index in [9.17, 15) is 4.21 Å². The van der Waals surface area contributed by atoms with Gasteiger partial charge in [-0.05, 0) is 17.7 Å². The van der Waals surface area contributed by atoms with Crippen molar-refractivity contribution in [3.8, 4) is 0 Å². The van der Waals surface area contributed by atoms with Crippen molar-refractivity contribution in [1.29, 1.82) is 0 Å². The summed E-state index contributed by atoms with van der Waals surface area (Å²) in [5.41, 5.74) is 2.45. The number of rotatable bonds is 4. The molecule has 0 bridgehead atoms. The average molecular weight is 256 g/mol. The highest BCUT2D eigenvalue weighted by Crippen LogP contribution is 2.11. The minimum atomic E-state index is -0.952. The van der Waals surface area contributed by atoms with E-state index in [0.717, 1.165) is 10.5 Å². The summed E-state index contributed by atoms with van der Waals surface area (Å²) in [7, 11) is -0.952. The molecular weight excluding hydrogens is 239 g/mol. The zero-order valence-electron chi connectivity index (χ0n) is 10.8. The van der Waals surface area contributed by atoms with E-state index in [0.29, 0.717) is 12.5 Å². The monoisotopic (exact) mass is 256 g/mol. The SMILES string of the molecule is CB(C)c1ccc(CS(=O)c2ccccc2)cc1. The molecule has 0 N–H and O–H groups in total. The zero-order valence-corrected chi connectivity index (χ0v) is 11.6. The second-order valence-corrected chi connectivity index (χ2v) is 6.15. The van der Waals surface area contributed by atoms with Crippen LogP contribution in [0, 0.1) is 0 Å². The lowest BCUT2D eigenvalue weighted by Crippen LogP contribution is -2.21. The zero-order chi connectivity index (χ0) is 13.0. The summed E-state index contributed by atoms with van der Waals surface area (Å²) >= 11 is 0. The Hall–Kier alpha value is -1.35. The predicted octanol–water partition coefficient (Wildman–Crippen LogP) is 2.96. The van der Waals surface area contributed by atoms with E-state index in [1.54, 1.807) is 0 Å². The molecule has 0 fully saturated rings. The predicted molar refractivity (Wildman–Crippen MR) is 80.1 cm³/mol. The quantitative estimate of drug-likeness (QED) is 0.768. The molecule has 18 heavy (non-hydrogen) atoms. The first-order chi connectivity index (χ1) is 8.66. The Kier molecular flexibility index (Phi) is 4.37. The number of hydrogen-bond acceptors (Lipinski definition) is 1. The molecule has 2 rings (SSSR count). The molecule has 3 heteroatoms. The summed E-state index contributed by atoms with van der Waals surface area (Å²) in [4.78, 5) is 0.894. The molecule has 92 valence electrons. The molecule has 1 atom stereocenters. The maximum absolute atomic E-state index is 12.1. The summed E-state index contributed by atoms with van der Waals surface area (Å²) in [5, 5.41) is 0. The fourth-order valence-corrected chi connectivity index (χ4v) is 2.93. The van der Waals surface area contributed by atoms with Gasteiger partial charge >= 0.3 is 0 Å². The van der Waals surface area contributed by atoms with Gasteiger partial charge in [-0.1, -0.05) is 61.6 Å². The lowest BCUT2D eigenvalue weighted by molar-refractivity contribution is 0.682. The largest absolute Gasteiger partial charge is 0.254 e. The molecule has 1 nitrogen and oxygen atoms in total. The Bertz CT molecular complexity index is 520. The third kappa shape index (κ3) is 3.33. The van der Waals surface area contributed by atoms with Crippen LogP contribution >= 0.6 is 0 Å². The second-order valence-electron chi connectivity index (χ2n) is 4.70. The smallest absolute Gasteiger partial charge is 0.169 e. The summed E-state index contributed by atoms with van der Waals surface area (Å²) in [6, 6.07) is 18.0. The van der Waals surface area contributed by atoms with E-state index >= 15 is 0 Å². The van der Waals surface area contributed by atoms with Crippen LogP contribution in [0.3, 0.4) is 0 Å². The van der Waals surface area contributed by atoms with E-state index in [-0.39, 0.29) is 0 Å². The third-order valence-corrected chi connectivity index (χ3v) is 4.34. The summed E-state index contributed by atoms with van der Waals surface area (Å²) in [6.45, 7) is 4.90. The molecule has 0 saturated carbocycles. The Morgan fingerprint density at radius 1 is 0.944 bits per heavy atom. The van der Waals surface area contributed by atoms with Gasteiger partial charge in [0.2, 0.25) is 0 Å². The Labute approximate surface area is 112 Å². The van der Waals surface area contributed by atoms with Crippen LogP contribution in [0.1, 0.15) is 5.56 Å². The highest BCUT2D eigenvalue weighted by molar-refractivity contribution is 7.84. The van der Waals surface area contributed by atoms with Gasteiger partial charge in [0.1, 0.15) is 0 Å². The van der Waals surface area contributed by atoms with Gasteiger partial charge < -0.3 is 0 Å². The van der Waals surface area contributed by atoms with E-state index in [2.05, 4.69) is 37.9 Å². The Balaban J connectivity index is 2.08. The standard InChI is InChI=1S/C15H17BOS/c1-16(2)14-10-8-13(9-11-14)12-18(17)15-6-4-3-5-7-15/h3-11H,12H2,1-2H3. The van der Waals surface area contributed by atoms with Crippen LogP contribution in [-0.2, 0) is 16.6 Å². The van der Waals surface area contributed by atoms with Gasteiger partial charge in [-0.2, -0.15) is 0 Å². The van der Waals surface area contributed by atoms with Gasteiger partial charge in [-0.25, -0.2) is 0 Å². The van der Waals surface area contributed by atoms with Crippen molar-refractivity contribution < 1.29 is 4.21 Å². The molecule has 2 aromatic carbocycles. The van der Waals surface area contributed by atoms with Crippen molar-refractivity contribution in [2.75, 3.05) is 0 Å². The maximum Gasteiger partial charge on any atom is 0.169 e. The molecule has 0 aliphatic rings. The fourth-order valence-electron chi connectivity index (χ4n) is 1.81. The van der Waals surface area contributed by atoms with Crippen molar-refractivity contribution >= 4 is 23.0 Å². The van der Waals surface area contributed by atoms with E-state index in [4.69, 9.17) is 0 Å². The highest BCUT2D eigenvalue weighted by atomic mass is 32.2. The van der Waals surface area contributed by atoms with Crippen LogP contribution in [0.15, 0.2) is 59.5 Å². The van der Waals surface area contributed by atoms with Crippen LogP contribution in [-0.4, -0.2) is 10.9 Å². The molecule has 0 saturated heterocycles. The van der Waals surface area contributed by atoms with Gasteiger partial charge in [-0.15, -0.1) is 0 Å². The highest BCUT2D eigenvalue weighted by Gasteiger charge is 2.06. The van der Waals surface area contributed by atoms with Gasteiger partial charge in [0.05, 0.1) is 16.6 Å². The van der Waals surface area contributed by atoms with Crippen LogP contribution in [0.25, 0.3) is 0 Å². The molecule has 0 aromatic heterocycles. The topological polar surface area (TPSA) is 17.1 Å². The Morgan fingerprint density at radius 3 is 2.11 bits per heavy atom. The molecule has 0 heterocycles. The molecule has 1 unspecified atom stereocenters. The molecule has 0 aliphatic carbocycles. The molecular formula is C15H17BOS. The van der Waals surface area contributed by atoms with Crippen molar-refractivity contribution in [1.82, 2.24) is 0 Å². The van der Waals surface area contributed by atoms with Crippen molar-refractivity contribution in [3.05, 3.63) is 60.2 Å². The lowest BCUT2D eigenvalue weighted by Gasteiger charge is -2.05. The van der Waals surface area contributed by atoms with Crippen LogP contribution in [0.2, 0.25) is 13.6 Å². The summed E-state index contributed by atoms with van der Waals surface area (Å²) in [6.07, 6.45) is 0. The van der Waals surface area contributed by atoms with Gasteiger partial charge in [0.15, 0.2) is 6.71 Å². The Morgan fingerprint density at radius 2 is 1.56 bits per heavy atom. The summed E-state index contributed by atoms with van der Waals surface area (Å²) < 4.78 is 12.1. The first-order valence-corrected chi connectivity index (χ1v) is 7.51. The number of hydrogen-bond donors (Lipinski definition) is 0. The van der Waals surface area contributed by atoms with Crippen molar-refractivity contribution in [2.45, 2.75) is 24.3 Å². The van der Waals surface area contributed by atoms with Crippen LogP contribution in [0.5, 0.6) is 0 Å². The molecule has 0 aliphatic heterocycles. The van der Waals surface area contributed by atoms with Gasteiger partial charge in [0, 0.05) is 4.90 Å². The number of benzene rings is 2. The van der Waals surface area contributed by atoms with Gasteiger partial charge in [-0.3, -0.25) is 4.21 Å². The average Bonchev–Trinajstić information content (AvgIpc) is 2.40. The first kappa shape index (κ1) is 13.1. The third-order valence-electron chi connectivity index (χ3n) is 2.95. The molecule has 0 amide bonds. The maximum atomic E-state index is 12.1. The van der Waals surface area contributed by atoms with E-state index < -0.39 is 10.8 Å². The van der Waals surface area contributed by atoms with Gasteiger partial charge in [0.25, 0.3) is 0 Å². The minimum Gasteiger partial charge on any atom is -0.254 e. The lowest BCUT2D eigenvalue weighted by atomic mass is 9.49. The van der Waals surface area contributed by atoms with Crippen molar-refractivity contribution in [2.24, 2.45) is 0 Å². The first-order valence-electron chi connectivity index (χ1n) is 6.19. The normalized spacial score (nSPS) is 12.1. The van der Waals surface area contributed by atoms with Crippen LogP contribution < -0.4 is 5.46 Å². The molecule has 0 spiro atoms. The fraction of sp³-hybridized carbons (Fsp3) is 0.200. The molecule has 2 aromatic rings. The summed E-state index contributed by atoms with van der Waals surface area (Å²) in [5.74, 6) is 0.586.